The van der Waals surface area contributed by atoms with E-state index in [0.717, 1.165) is 47.1 Å². The van der Waals surface area contributed by atoms with Crippen LogP contribution in [-0.2, 0) is 4.74 Å². The van der Waals surface area contributed by atoms with Crippen molar-refractivity contribution in [1.29, 1.82) is 0 Å². The van der Waals surface area contributed by atoms with Crippen LogP contribution in [0.1, 0.15) is 25.3 Å². The van der Waals surface area contributed by atoms with Crippen molar-refractivity contribution in [2.75, 3.05) is 56.8 Å². The van der Waals surface area contributed by atoms with Gasteiger partial charge in [-0.15, -0.1) is 0 Å². The van der Waals surface area contributed by atoms with E-state index in [1.54, 1.807) is 0 Å². The maximum atomic E-state index is 9.12. The average Bonchev–Trinajstić information content (AvgIpc) is 3.21. The lowest BCUT2D eigenvalue weighted by molar-refractivity contribution is 0.122. The van der Waals surface area contributed by atoms with Crippen LogP contribution in [0.4, 0.5) is 11.5 Å². The molecule has 160 valence electrons. The molecule has 8 heteroatoms. The fraction of sp³-hybridized carbons (Fsp3) is 0.455. The molecular formula is C22H29N5O3. The van der Waals surface area contributed by atoms with Gasteiger partial charge in [0.15, 0.2) is 5.65 Å². The number of rotatable bonds is 7. The molecule has 1 aliphatic rings. The zero-order chi connectivity index (χ0) is 21.1. The number of aromatic nitrogens is 3. The molecule has 4 rings (SSSR count). The Hall–Kier alpha value is -2.84. The Morgan fingerprint density at radius 3 is 2.70 bits per heavy atom. The highest BCUT2D eigenvalue weighted by Gasteiger charge is 2.20. The molecular weight excluding hydrogens is 382 g/mol. The first-order chi connectivity index (χ1) is 14.6. The largest absolute Gasteiger partial charge is 0.491 e. The molecule has 1 aromatic carbocycles. The lowest BCUT2D eigenvalue weighted by Crippen LogP contribution is -2.37. The van der Waals surface area contributed by atoms with E-state index < -0.39 is 0 Å². The highest BCUT2D eigenvalue weighted by atomic mass is 16.5. The number of hydrogen-bond donors (Lipinski definition) is 2. The summed E-state index contributed by atoms with van der Waals surface area (Å²) in [5.74, 6) is 2.02. The number of aliphatic hydroxyl groups is 1. The Morgan fingerprint density at radius 1 is 1.20 bits per heavy atom. The van der Waals surface area contributed by atoms with E-state index >= 15 is 0 Å². The summed E-state index contributed by atoms with van der Waals surface area (Å²) in [6.45, 7) is 7.56. The predicted octanol–water partition coefficient (Wildman–Crippen LogP) is 2.77. The van der Waals surface area contributed by atoms with Crippen LogP contribution in [0.2, 0.25) is 0 Å². The normalized spacial score (nSPS) is 14.5. The van der Waals surface area contributed by atoms with E-state index in [1.807, 2.05) is 29.9 Å². The quantitative estimate of drug-likeness (QED) is 0.618. The van der Waals surface area contributed by atoms with E-state index in [9.17, 15) is 0 Å². The van der Waals surface area contributed by atoms with Crippen LogP contribution in [-0.4, -0.2) is 66.3 Å². The lowest BCUT2D eigenvalue weighted by atomic mass is 10.1. The summed E-state index contributed by atoms with van der Waals surface area (Å²) in [5, 5.41) is 16.9. The number of morpholine rings is 1. The molecule has 2 aromatic heterocycles. The molecule has 3 heterocycles. The summed E-state index contributed by atoms with van der Waals surface area (Å²) in [6.07, 6.45) is 1.92. The second-order valence-electron chi connectivity index (χ2n) is 7.66. The fourth-order valence-electron chi connectivity index (χ4n) is 3.67. The van der Waals surface area contributed by atoms with Gasteiger partial charge in [-0.3, -0.25) is 0 Å². The van der Waals surface area contributed by atoms with Crippen LogP contribution in [0.5, 0.6) is 5.75 Å². The van der Waals surface area contributed by atoms with Crippen LogP contribution < -0.4 is 15.0 Å². The molecule has 0 saturated carbocycles. The number of anilines is 2. The molecule has 0 amide bonds. The van der Waals surface area contributed by atoms with Gasteiger partial charge in [0, 0.05) is 49.1 Å². The molecule has 0 radical (unpaired) electrons. The number of aliphatic hydroxyl groups excluding tert-OH is 1. The Labute approximate surface area is 176 Å². The van der Waals surface area contributed by atoms with Gasteiger partial charge in [-0.05, 0) is 18.1 Å². The molecule has 30 heavy (non-hydrogen) atoms. The average molecular weight is 412 g/mol. The van der Waals surface area contributed by atoms with Gasteiger partial charge in [0.25, 0.3) is 0 Å². The Morgan fingerprint density at radius 2 is 2.00 bits per heavy atom. The minimum absolute atomic E-state index is 0.0297. The second kappa shape index (κ2) is 8.89. The Balaban J connectivity index is 1.87. The Kier molecular flexibility index (Phi) is 6.06. The molecule has 0 unspecified atom stereocenters. The number of ether oxygens (including phenoxy) is 2. The first-order valence-corrected chi connectivity index (χ1v) is 10.4. The van der Waals surface area contributed by atoms with E-state index in [2.05, 4.69) is 41.3 Å². The van der Waals surface area contributed by atoms with Crippen LogP contribution in [0.15, 0.2) is 30.5 Å². The molecule has 1 fully saturated rings. The third-order valence-electron chi connectivity index (χ3n) is 5.29. The van der Waals surface area contributed by atoms with Crippen LogP contribution in [0.25, 0.3) is 16.9 Å². The zero-order valence-electron chi connectivity index (χ0n) is 17.8. The van der Waals surface area contributed by atoms with Gasteiger partial charge < -0.3 is 24.8 Å². The summed E-state index contributed by atoms with van der Waals surface area (Å²) >= 11 is 0. The van der Waals surface area contributed by atoms with Gasteiger partial charge in [0.1, 0.15) is 18.2 Å². The minimum atomic E-state index is -0.0297. The van der Waals surface area contributed by atoms with Crippen molar-refractivity contribution in [3.8, 4) is 17.0 Å². The van der Waals surface area contributed by atoms with Crippen LogP contribution in [0.3, 0.4) is 0 Å². The molecule has 0 atom stereocenters. The van der Waals surface area contributed by atoms with Crippen LogP contribution >= 0.6 is 0 Å². The highest BCUT2D eigenvalue weighted by molar-refractivity contribution is 5.73. The van der Waals surface area contributed by atoms with E-state index in [-0.39, 0.29) is 13.2 Å². The number of fused-ring (bicyclic) bond motifs is 1. The summed E-state index contributed by atoms with van der Waals surface area (Å²) < 4.78 is 13.2. The fourth-order valence-corrected chi connectivity index (χ4v) is 3.67. The number of nitrogens with one attached hydrogen (secondary N) is 1. The van der Waals surface area contributed by atoms with E-state index in [1.165, 1.54) is 0 Å². The number of nitrogens with zero attached hydrogens (tertiary/aromatic N) is 4. The SMILES string of the molecule is CNc1cc(OCCO)cc(-c2cc(N3CCOCC3)n3ncc(C(C)C)c3n2)c1. The van der Waals surface area contributed by atoms with Gasteiger partial charge in [-0.2, -0.15) is 9.61 Å². The maximum absolute atomic E-state index is 9.12. The summed E-state index contributed by atoms with van der Waals surface area (Å²) in [4.78, 5) is 7.28. The predicted molar refractivity (Wildman–Crippen MR) is 118 cm³/mol. The van der Waals surface area contributed by atoms with E-state index in [4.69, 9.17) is 19.6 Å². The van der Waals surface area contributed by atoms with Crippen molar-refractivity contribution in [3.63, 3.8) is 0 Å². The first kappa shape index (κ1) is 20.4. The molecule has 3 aromatic rings. The van der Waals surface area contributed by atoms with Gasteiger partial charge in [-0.25, -0.2) is 4.98 Å². The van der Waals surface area contributed by atoms with Gasteiger partial charge >= 0.3 is 0 Å². The second-order valence-corrected chi connectivity index (χ2v) is 7.66. The van der Waals surface area contributed by atoms with Crippen molar-refractivity contribution >= 4 is 17.2 Å². The summed E-state index contributed by atoms with van der Waals surface area (Å²) in [5.41, 5.74) is 4.72. The summed E-state index contributed by atoms with van der Waals surface area (Å²) in [7, 11) is 1.87. The summed E-state index contributed by atoms with van der Waals surface area (Å²) in [6, 6.07) is 8.02. The Bertz CT molecular complexity index is 1010. The van der Waals surface area contributed by atoms with Gasteiger partial charge in [-0.1, -0.05) is 13.8 Å². The molecule has 0 aliphatic carbocycles. The minimum Gasteiger partial charge on any atom is -0.491 e. The van der Waals surface area contributed by atoms with E-state index in [0.29, 0.717) is 24.9 Å². The number of benzene rings is 1. The van der Waals surface area contributed by atoms with Crippen molar-refractivity contribution in [3.05, 3.63) is 36.0 Å². The molecule has 0 bridgehead atoms. The number of hydrogen-bond acceptors (Lipinski definition) is 7. The van der Waals surface area contributed by atoms with Crippen molar-refractivity contribution in [1.82, 2.24) is 14.6 Å². The maximum Gasteiger partial charge on any atom is 0.161 e. The third kappa shape index (κ3) is 4.06. The van der Waals surface area contributed by atoms with Gasteiger partial charge in [0.2, 0.25) is 0 Å². The lowest BCUT2D eigenvalue weighted by Gasteiger charge is -2.29. The topological polar surface area (TPSA) is 84.1 Å². The smallest absolute Gasteiger partial charge is 0.161 e. The van der Waals surface area contributed by atoms with Crippen LogP contribution in [0, 0.1) is 0 Å². The standard InChI is InChI=1S/C22H29N5O3/c1-15(2)19-14-24-27-21(26-4-7-29-8-5-26)13-20(25-22(19)27)16-10-17(23-3)12-18(11-16)30-9-6-28/h10-15,23,28H,4-9H2,1-3H3. The molecule has 2 N–H and O–H groups in total. The van der Waals surface area contributed by atoms with Gasteiger partial charge in [0.05, 0.1) is 31.7 Å². The monoisotopic (exact) mass is 411 g/mol. The highest BCUT2D eigenvalue weighted by Crippen LogP contribution is 2.32. The molecule has 1 aliphatic heterocycles. The van der Waals surface area contributed by atoms with Crippen molar-refractivity contribution in [2.24, 2.45) is 0 Å². The molecule has 8 nitrogen and oxygen atoms in total. The van der Waals surface area contributed by atoms with Crippen molar-refractivity contribution < 1.29 is 14.6 Å². The van der Waals surface area contributed by atoms with Crippen molar-refractivity contribution in [2.45, 2.75) is 19.8 Å². The third-order valence-corrected chi connectivity index (χ3v) is 5.29. The zero-order valence-corrected chi connectivity index (χ0v) is 17.8. The first-order valence-electron chi connectivity index (χ1n) is 10.4. The molecule has 0 spiro atoms. The molecule has 1 saturated heterocycles.